The van der Waals surface area contributed by atoms with E-state index in [0.29, 0.717) is 16.7 Å². The largest absolute Gasteiger partial charge is 0.268 e. The van der Waals surface area contributed by atoms with Crippen LogP contribution in [0.25, 0.3) is 28.7 Å². The minimum Gasteiger partial charge on any atom is -0.268 e. The predicted octanol–water partition coefficient (Wildman–Crippen LogP) is 3.95. The Balaban J connectivity index is 1.96. The summed E-state index contributed by atoms with van der Waals surface area (Å²) in [4.78, 5) is 21.8. The third kappa shape index (κ3) is 2.97. The molecular formula is C21H15N3O. The molecule has 0 fully saturated rings. The SMILES string of the molecule is O=c1c2ccccc2nc(/C=C\c2cccnc2)n1-c1ccccc1. The summed E-state index contributed by atoms with van der Waals surface area (Å²) < 4.78 is 1.63. The first kappa shape index (κ1) is 15.0. The van der Waals surface area contributed by atoms with Crippen molar-refractivity contribution in [2.75, 3.05) is 0 Å². The monoisotopic (exact) mass is 325 g/mol. The van der Waals surface area contributed by atoms with Gasteiger partial charge in [-0.2, -0.15) is 0 Å². The number of nitrogens with zero attached hydrogens (tertiary/aromatic N) is 3. The topological polar surface area (TPSA) is 47.8 Å². The first-order valence-corrected chi connectivity index (χ1v) is 7.98. The van der Waals surface area contributed by atoms with E-state index < -0.39 is 0 Å². The Bertz CT molecular complexity index is 1100. The van der Waals surface area contributed by atoms with E-state index in [0.717, 1.165) is 11.3 Å². The number of para-hydroxylation sites is 2. The van der Waals surface area contributed by atoms with Crippen LogP contribution >= 0.6 is 0 Å². The van der Waals surface area contributed by atoms with E-state index in [-0.39, 0.29) is 5.56 Å². The van der Waals surface area contributed by atoms with Gasteiger partial charge < -0.3 is 0 Å². The van der Waals surface area contributed by atoms with Crippen molar-refractivity contribution in [3.8, 4) is 5.69 Å². The van der Waals surface area contributed by atoms with Gasteiger partial charge in [0.1, 0.15) is 5.82 Å². The Labute approximate surface area is 144 Å². The van der Waals surface area contributed by atoms with Crippen LogP contribution in [0.2, 0.25) is 0 Å². The molecule has 0 aliphatic heterocycles. The number of benzene rings is 2. The fraction of sp³-hybridized carbons (Fsp3) is 0. The van der Waals surface area contributed by atoms with Gasteiger partial charge >= 0.3 is 0 Å². The molecule has 0 spiro atoms. The van der Waals surface area contributed by atoms with E-state index in [4.69, 9.17) is 0 Å². The maximum atomic E-state index is 13.0. The average molecular weight is 325 g/mol. The van der Waals surface area contributed by atoms with Crippen LogP contribution in [0.5, 0.6) is 0 Å². The number of aromatic nitrogens is 3. The summed E-state index contributed by atoms with van der Waals surface area (Å²) in [6, 6.07) is 20.8. The van der Waals surface area contributed by atoms with Crippen LogP contribution in [0, 0.1) is 0 Å². The van der Waals surface area contributed by atoms with Gasteiger partial charge in [-0.1, -0.05) is 36.4 Å². The molecule has 2 heterocycles. The summed E-state index contributed by atoms with van der Waals surface area (Å²) in [5.74, 6) is 0.582. The maximum Gasteiger partial charge on any atom is 0.266 e. The van der Waals surface area contributed by atoms with Crippen molar-refractivity contribution in [3.63, 3.8) is 0 Å². The van der Waals surface area contributed by atoms with Gasteiger partial charge in [-0.15, -0.1) is 0 Å². The lowest BCUT2D eigenvalue weighted by Crippen LogP contribution is -2.22. The highest BCUT2D eigenvalue weighted by Crippen LogP contribution is 2.15. The van der Waals surface area contributed by atoms with Crippen molar-refractivity contribution >= 4 is 23.1 Å². The highest BCUT2D eigenvalue weighted by Gasteiger charge is 2.10. The fourth-order valence-electron chi connectivity index (χ4n) is 2.73. The molecule has 4 rings (SSSR count). The molecule has 2 aromatic carbocycles. The van der Waals surface area contributed by atoms with Crippen LogP contribution in [0.3, 0.4) is 0 Å². The van der Waals surface area contributed by atoms with Crippen molar-refractivity contribution in [1.82, 2.24) is 14.5 Å². The van der Waals surface area contributed by atoms with Crippen molar-refractivity contribution in [2.24, 2.45) is 0 Å². The summed E-state index contributed by atoms with van der Waals surface area (Å²) in [6.07, 6.45) is 7.24. The lowest BCUT2D eigenvalue weighted by atomic mass is 10.2. The van der Waals surface area contributed by atoms with Gasteiger partial charge in [0, 0.05) is 12.4 Å². The van der Waals surface area contributed by atoms with Crippen LogP contribution in [0.1, 0.15) is 11.4 Å². The highest BCUT2D eigenvalue weighted by molar-refractivity contribution is 5.80. The molecular weight excluding hydrogens is 310 g/mol. The standard InChI is InChI=1S/C21H15N3O/c25-21-18-10-4-5-11-19(18)23-20(13-12-16-7-6-14-22-15-16)24(21)17-8-2-1-3-9-17/h1-15H/b13-12-. The maximum absolute atomic E-state index is 13.0. The molecule has 0 saturated carbocycles. The number of pyridine rings is 1. The molecule has 120 valence electrons. The number of hydrogen-bond donors (Lipinski definition) is 0. The minimum atomic E-state index is -0.0809. The molecule has 0 radical (unpaired) electrons. The summed E-state index contributed by atoms with van der Waals surface area (Å²) in [5.41, 5.74) is 2.34. The number of hydrogen-bond acceptors (Lipinski definition) is 3. The molecule has 0 aliphatic rings. The molecule has 2 aromatic heterocycles. The van der Waals surface area contributed by atoms with Crippen LogP contribution in [0.15, 0.2) is 83.9 Å². The molecule has 0 aliphatic carbocycles. The molecule has 0 bridgehead atoms. The zero-order chi connectivity index (χ0) is 17.1. The van der Waals surface area contributed by atoms with E-state index in [1.54, 1.807) is 23.0 Å². The zero-order valence-electron chi connectivity index (χ0n) is 13.4. The first-order chi connectivity index (χ1) is 12.3. The van der Waals surface area contributed by atoms with Gasteiger partial charge in [-0.3, -0.25) is 14.3 Å². The zero-order valence-corrected chi connectivity index (χ0v) is 13.4. The Hall–Kier alpha value is -3.53. The van der Waals surface area contributed by atoms with E-state index in [1.807, 2.05) is 72.8 Å². The van der Waals surface area contributed by atoms with Gasteiger partial charge in [-0.05, 0) is 48.0 Å². The molecule has 4 aromatic rings. The summed E-state index contributed by atoms with van der Waals surface area (Å²) >= 11 is 0. The second kappa shape index (κ2) is 6.53. The van der Waals surface area contributed by atoms with E-state index >= 15 is 0 Å². The molecule has 4 nitrogen and oxygen atoms in total. The molecule has 4 heteroatoms. The third-order valence-corrected chi connectivity index (χ3v) is 3.93. The molecule has 0 N–H and O–H groups in total. The second-order valence-electron chi connectivity index (χ2n) is 5.58. The average Bonchev–Trinajstić information content (AvgIpc) is 2.68. The van der Waals surface area contributed by atoms with Gasteiger partial charge in [0.2, 0.25) is 0 Å². The van der Waals surface area contributed by atoms with Crippen LogP contribution < -0.4 is 5.56 Å². The van der Waals surface area contributed by atoms with Gasteiger partial charge in [0.25, 0.3) is 5.56 Å². The minimum absolute atomic E-state index is 0.0809. The highest BCUT2D eigenvalue weighted by atomic mass is 16.1. The van der Waals surface area contributed by atoms with Gasteiger partial charge in [0.05, 0.1) is 16.6 Å². The fourth-order valence-corrected chi connectivity index (χ4v) is 2.73. The molecule has 0 amide bonds. The summed E-state index contributed by atoms with van der Waals surface area (Å²) in [7, 11) is 0. The lowest BCUT2D eigenvalue weighted by Gasteiger charge is -2.11. The van der Waals surface area contributed by atoms with E-state index in [1.165, 1.54) is 0 Å². The number of fused-ring (bicyclic) bond motifs is 1. The predicted molar refractivity (Wildman–Crippen MR) is 101 cm³/mol. The number of rotatable bonds is 3. The normalized spacial score (nSPS) is 11.2. The molecule has 0 saturated heterocycles. The van der Waals surface area contributed by atoms with Crippen molar-refractivity contribution in [3.05, 3.63) is 101 Å². The van der Waals surface area contributed by atoms with Gasteiger partial charge in [0.15, 0.2) is 0 Å². The van der Waals surface area contributed by atoms with Gasteiger partial charge in [-0.25, -0.2) is 4.98 Å². The second-order valence-corrected chi connectivity index (χ2v) is 5.58. The first-order valence-electron chi connectivity index (χ1n) is 7.98. The van der Waals surface area contributed by atoms with Crippen LogP contribution in [-0.4, -0.2) is 14.5 Å². The van der Waals surface area contributed by atoms with Crippen LogP contribution in [-0.2, 0) is 0 Å². The summed E-state index contributed by atoms with van der Waals surface area (Å²) in [5, 5.41) is 0.602. The Morgan fingerprint density at radius 1 is 0.840 bits per heavy atom. The van der Waals surface area contributed by atoms with E-state index in [2.05, 4.69) is 9.97 Å². The quantitative estimate of drug-likeness (QED) is 0.573. The third-order valence-electron chi connectivity index (χ3n) is 3.93. The molecule has 25 heavy (non-hydrogen) atoms. The Morgan fingerprint density at radius 2 is 1.64 bits per heavy atom. The summed E-state index contributed by atoms with van der Waals surface area (Å²) in [6.45, 7) is 0. The van der Waals surface area contributed by atoms with E-state index in [9.17, 15) is 4.79 Å². The van der Waals surface area contributed by atoms with Crippen molar-refractivity contribution in [2.45, 2.75) is 0 Å². The smallest absolute Gasteiger partial charge is 0.266 e. The molecule has 0 atom stereocenters. The van der Waals surface area contributed by atoms with Crippen molar-refractivity contribution in [1.29, 1.82) is 0 Å². The lowest BCUT2D eigenvalue weighted by molar-refractivity contribution is 0.944. The van der Waals surface area contributed by atoms with Crippen LogP contribution in [0.4, 0.5) is 0 Å². The Morgan fingerprint density at radius 3 is 2.44 bits per heavy atom. The molecule has 0 unspecified atom stereocenters. The Kier molecular flexibility index (Phi) is 3.92. The van der Waals surface area contributed by atoms with Crippen molar-refractivity contribution < 1.29 is 0 Å².